The molecule has 1 aromatic carbocycles. The molecular formula is C19H30Cl2N6O2. The van der Waals surface area contributed by atoms with Crippen molar-refractivity contribution in [3.05, 3.63) is 35.7 Å². The Morgan fingerprint density at radius 2 is 2.03 bits per heavy atom. The number of carbonyl (C=O) groups is 1. The summed E-state index contributed by atoms with van der Waals surface area (Å²) in [5.74, 6) is 0.382. The average Bonchev–Trinajstić information content (AvgIpc) is 3.14. The zero-order valence-electron chi connectivity index (χ0n) is 17.1. The average molecular weight is 445 g/mol. The maximum atomic E-state index is 12.6. The van der Waals surface area contributed by atoms with E-state index in [1.165, 1.54) is 0 Å². The third-order valence-electron chi connectivity index (χ3n) is 4.61. The predicted molar refractivity (Wildman–Crippen MR) is 119 cm³/mol. The number of anilines is 1. The molecule has 1 aliphatic rings. The van der Waals surface area contributed by atoms with E-state index in [-0.39, 0.29) is 30.7 Å². The standard InChI is InChI=1S/C19H28N6O2.2ClH/c1-14-4-5-16(18(12-14)27-11-10-24(2)3)21-19(26)17-13-25(23-22-17)15-6-8-20-9-7-15;;/h4-5,12-13,15,20H,6-11H2,1-3H3,(H,21,26);2*1H. The number of likely N-dealkylation sites (N-methyl/N-ethyl adjacent to an activating group) is 1. The van der Waals surface area contributed by atoms with Gasteiger partial charge in [0.2, 0.25) is 0 Å². The van der Waals surface area contributed by atoms with Crippen LogP contribution < -0.4 is 15.4 Å². The van der Waals surface area contributed by atoms with Gasteiger partial charge >= 0.3 is 0 Å². The van der Waals surface area contributed by atoms with Crippen molar-refractivity contribution in [1.29, 1.82) is 0 Å². The Bertz CT molecular complexity index is 778. The fourth-order valence-electron chi connectivity index (χ4n) is 3.01. The summed E-state index contributed by atoms with van der Waals surface area (Å²) < 4.78 is 7.67. The van der Waals surface area contributed by atoms with Gasteiger partial charge in [-0.1, -0.05) is 11.3 Å². The Hall–Kier alpha value is -1.87. The number of aromatic nitrogens is 3. The highest BCUT2D eigenvalue weighted by atomic mass is 35.5. The van der Waals surface area contributed by atoms with Gasteiger partial charge in [0, 0.05) is 6.54 Å². The number of nitrogens with one attached hydrogen (secondary N) is 2. The number of piperidine rings is 1. The molecule has 0 atom stereocenters. The van der Waals surface area contributed by atoms with Crippen molar-refractivity contribution in [1.82, 2.24) is 25.2 Å². The van der Waals surface area contributed by atoms with Crippen LogP contribution in [0, 0.1) is 6.92 Å². The van der Waals surface area contributed by atoms with Gasteiger partial charge < -0.3 is 20.3 Å². The van der Waals surface area contributed by atoms with Crippen molar-refractivity contribution < 1.29 is 9.53 Å². The summed E-state index contributed by atoms with van der Waals surface area (Å²) >= 11 is 0. The first kappa shape index (κ1) is 25.2. The maximum absolute atomic E-state index is 12.6. The monoisotopic (exact) mass is 444 g/mol. The van der Waals surface area contributed by atoms with Crippen LogP contribution >= 0.6 is 24.8 Å². The second-order valence-electron chi connectivity index (χ2n) is 7.17. The van der Waals surface area contributed by atoms with E-state index in [4.69, 9.17) is 4.74 Å². The lowest BCUT2D eigenvalue weighted by atomic mass is 10.1. The van der Waals surface area contributed by atoms with Crippen LogP contribution in [0.3, 0.4) is 0 Å². The van der Waals surface area contributed by atoms with Gasteiger partial charge in [-0.25, -0.2) is 4.68 Å². The van der Waals surface area contributed by atoms with Crippen molar-refractivity contribution in [3.8, 4) is 5.75 Å². The molecule has 29 heavy (non-hydrogen) atoms. The number of benzene rings is 1. The van der Waals surface area contributed by atoms with Crippen LogP contribution in [0.4, 0.5) is 5.69 Å². The number of ether oxygens (including phenoxy) is 1. The number of rotatable bonds is 7. The highest BCUT2D eigenvalue weighted by molar-refractivity contribution is 6.03. The SMILES string of the molecule is Cc1ccc(NC(=O)c2cn(C3CCNCC3)nn2)c(OCCN(C)C)c1.Cl.Cl. The van der Waals surface area contributed by atoms with E-state index in [1.807, 2.05) is 44.1 Å². The zero-order chi connectivity index (χ0) is 19.2. The van der Waals surface area contributed by atoms with Gasteiger partial charge in [-0.3, -0.25) is 4.79 Å². The molecule has 0 unspecified atom stereocenters. The van der Waals surface area contributed by atoms with Gasteiger partial charge in [-0.05, 0) is 64.6 Å². The summed E-state index contributed by atoms with van der Waals surface area (Å²) in [5.41, 5.74) is 2.03. The van der Waals surface area contributed by atoms with E-state index in [2.05, 4.69) is 20.9 Å². The van der Waals surface area contributed by atoms with E-state index in [1.54, 1.807) is 10.9 Å². The van der Waals surface area contributed by atoms with Gasteiger partial charge in [0.15, 0.2) is 5.69 Å². The van der Waals surface area contributed by atoms with Crippen LogP contribution in [0.25, 0.3) is 0 Å². The van der Waals surface area contributed by atoms with E-state index in [0.717, 1.165) is 38.0 Å². The van der Waals surface area contributed by atoms with Gasteiger partial charge in [-0.15, -0.1) is 29.9 Å². The highest BCUT2D eigenvalue weighted by Crippen LogP contribution is 2.26. The van der Waals surface area contributed by atoms with Crippen LogP contribution in [0.2, 0.25) is 0 Å². The van der Waals surface area contributed by atoms with Crippen molar-refractivity contribution >= 4 is 36.4 Å². The maximum Gasteiger partial charge on any atom is 0.277 e. The molecule has 2 heterocycles. The lowest BCUT2D eigenvalue weighted by molar-refractivity contribution is 0.102. The Labute approximate surface area is 184 Å². The van der Waals surface area contributed by atoms with Crippen LogP contribution in [-0.2, 0) is 0 Å². The lowest BCUT2D eigenvalue weighted by Gasteiger charge is -2.22. The third-order valence-corrected chi connectivity index (χ3v) is 4.61. The minimum absolute atomic E-state index is 0. The van der Waals surface area contributed by atoms with Crippen molar-refractivity contribution in [2.24, 2.45) is 0 Å². The van der Waals surface area contributed by atoms with Crippen molar-refractivity contribution in [2.75, 3.05) is 45.7 Å². The molecule has 0 radical (unpaired) electrons. The molecule has 10 heteroatoms. The smallest absolute Gasteiger partial charge is 0.277 e. The number of hydrogen-bond acceptors (Lipinski definition) is 6. The Balaban J connectivity index is 0.00000210. The molecule has 1 saturated heterocycles. The highest BCUT2D eigenvalue weighted by Gasteiger charge is 2.19. The number of halogens is 2. The van der Waals surface area contributed by atoms with E-state index in [0.29, 0.717) is 29.8 Å². The van der Waals surface area contributed by atoms with Gasteiger partial charge in [-0.2, -0.15) is 0 Å². The van der Waals surface area contributed by atoms with Gasteiger partial charge in [0.1, 0.15) is 12.4 Å². The van der Waals surface area contributed by atoms with Crippen LogP contribution in [-0.4, -0.2) is 66.1 Å². The first-order valence-electron chi connectivity index (χ1n) is 9.35. The van der Waals surface area contributed by atoms with E-state index >= 15 is 0 Å². The molecule has 1 amide bonds. The molecule has 3 rings (SSSR count). The second-order valence-corrected chi connectivity index (χ2v) is 7.17. The molecule has 1 aliphatic heterocycles. The molecule has 0 aliphatic carbocycles. The largest absolute Gasteiger partial charge is 0.490 e. The quantitative estimate of drug-likeness (QED) is 0.682. The summed E-state index contributed by atoms with van der Waals surface area (Å²) in [6.45, 7) is 5.26. The zero-order valence-corrected chi connectivity index (χ0v) is 18.7. The van der Waals surface area contributed by atoms with Crippen LogP contribution in [0.5, 0.6) is 5.75 Å². The van der Waals surface area contributed by atoms with Crippen LogP contribution in [0.15, 0.2) is 24.4 Å². The molecule has 2 N–H and O–H groups in total. The lowest BCUT2D eigenvalue weighted by Crippen LogP contribution is -2.29. The number of aryl methyl sites for hydroxylation is 1. The van der Waals surface area contributed by atoms with Crippen molar-refractivity contribution in [2.45, 2.75) is 25.8 Å². The van der Waals surface area contributed by atoms with Crippen LogP contribution in [0.1, 0.15) is 34.9 Å². The summed E-state index contributed by atoms with van der Waals surface area (Å²) in [4.78, 5) is 14.7. The molecule has 1 fully saturated rings. The molecule has 0 bridgehead atoms. The second kappa shape index (κ2) is 12.0. The number of carbonyl (C=O) groups excluding carboxylic acids is 1. The molecular weight excluding hydrogens is 415 g/mol. The number of nitrogens with zero attached hydrogens (tertiary/aromatic N) is 4. The predicted octanol–water partition coefficient (Wildman–Crippen LogP) is 2.55. The fraction of sp³-hybridized carbons (Fsp3) is 0.526. The normalized spacial score (nSPS) is 14.1. The first-order valence-corrected chi connectivity index (χ1v) is 9.35. The summed E-state index contributed by atoms with van der Waals surface area (Å²) in [7, 11) is 3.99. The molecule has 0 spiro atoms. The number of hydrogen-bond donors (Lipinski definition) is 2. The molecule has 162 valence electrons. The molecule has 2 aromatic rings. The first-order chi connectivity index (χ1) is 13.0. The summed E-state index contributed by atoms with van der Waals surface area (Å²) in [6, 6.07) is 6.03. The fourth-order valence-corrected chi connectivity index (χ4v) is 3.01. The van der Waals surface area contributed by atoms with Gasteiger partial charge in [0.25, 0.3) is 5.91 Å². The van der Waals surface area contributed by atoms with Crippen molar-refractivity contribution in [3.63, 3.8) is 0 Å². The molecule has 8 nitrogen and oxygen atoms in total. The topological polar surface area (TPSA) is 84.3 Å². The Morgan fingerprint density at radius 1 is 1.31 bits per heavy atom. The minimum Gasteiger partial charge on any atom is -0.490 e. The van der Waals surface area contributed by atoms with E-state index < -0.39 is 0 Å². The molecule has 0 saturated carbocycles. The molecule has 1 aromatic heterocycles. The van der Waals surface area contributed by atoms with E-state index in [9.17, 15) is 4.79 Å². The number of amides is 1. The third kappa shape index (κ3) is 7.15. The minimum atomic E-state index is -0.281. The Kier molecular flexibility index (Phi) is 10.4. The van der Waals surface area contributed by atoms with Gasteiger partial charge in [0.05, 0.1) is 17.9 Å². The Morgan fingerprint density at radius 3 is 2.72 bits per heavy atom. The summed E-state index contributed by atoms with van der Waals surface area (Å²) in [5, 5.41) is 14.4. The summed E-state index contributed by atoms with van der Waals surface area (Å²) in [6.07, 6.45) is 3.71.